The van der Waals surface area contributed by atoms with E-state index < -0.39 is 25.1 Å². The fourth-order valence-corrected chi connectivity index (χ4v) is 1.12. The van der Waals surface area contributed by atoms with Gasteiger partial charge in [0.15, 0.2) is 0 Å². The number of allylic oxidation sites excluding steroid dienone is 2. The van der Waals surface area contributed by atoms with Gasteiger partial charge in [-0.2, -0.15) is 8.78 Å². The van der Waals surface area contributed by atoms with Crippen LogP contribution in [0, 0.1) is 0 Å². The Morgan fingerprint density at radius 3 is 2.50 bits per heavy atom. The van der Waals surface area contributed by atoms with Gasteiger partial charge in [-0.1, -0.05) is 6.08 Å². The van der Waals surface area contributed by atoms with E-state index in [4.69, 9.17) is 10.0 Å². The molecule has 1 atom stereocenters. The van der Waals surface area contributed by atoms with Gasteiger partial charge in [0.1, 0.15) is 11.3 Å². The Balaban J connectivity index is 2.81. The zero-order chi connectivity index (χ0) is 10.8. The van der Waals surface area contributed by atoms with Gasteiger partial charge in [-0.05, 0) is 18.6 Å². The van der Waals surface area contributed by atoms with Crippen molar-refractivity contribution < 1.29 is 28.0 Å². The predicted octanol–water partition coefficient (Wildman–Crippen LogP) is 0.790. The van der Waals surface area contributed by atoms with E-state index in [2.05, 4.69) is 4.74 Å². The van der Waals surface area contributed by atoms with E-state index in [1.165, 1.54) is 0 Å². The van der Waals surface area contributed by atoms with Gasteiger partial charge in [-0.3, -0.25) is 0 Å². The molecule has 14 heavy (non-hydrogen) atoms. The van der Waals surface area contributed by atoms with E-state index in [1.807, 2.05) is 0 Å². The van der Waals surface area contributed by atoms with Gasteiger partial charge >= 0.3 is 13.7 Å². The maximum absolute atomic E-state index is 12.5. The third-order valence-electron chi connectivity index (χ3n) is 1.89. The molecule has 0 bridgehead atoms. The number of rotatable bonds is 3. The molecule has 2 N–H and O–H groups in total. The summed E-state index contributed by atoms with van der Waals surface area (Å²) in [4.78, 5) is 0. The number of hydrogen-bond donors (Lipinski definition) is 2. The smallest absolute Gasteiger partial charge is 0.425 e. The highest BCUT2D eigenvalue weighted by atomic mass is 19.3. The number of hydrogen-bond acceptors (Lipinski definition) is 3. The second-order valence-electron chi connectivity index (χ2n) is 2.83. The van der Waals surface area contributed by atoms with E-state index >= 15 is 0 Å². The molecule has 0 radical (unpaired) electrons. The molecule has 1 aliphatic rings. The van der Waals surface area contributed by atoms with Crippen molar-refractivity contribution in [2.24, 2.45) is 0 Å². The number of halogens is 3. The molecule has 0 aromatic rings. The highest BCUT2D eigenvalue weighted by Gasteiger charge is 2.44. The maximum Gasteiger partial charge on any atom is 0.490 e. The van der Waals surface area contributed by atoms with Crippen molar-refractivity contribution in [3.63, 3.8) is 0 Å². The highest BCUT2D eigenvalue weighted by molar-refractivity contribution is 6.46. The molecule has 1 unspecified atom stereocenters. The summed E-state index contributed by atoms with van der Waals surface area (Å²) in [5, 5.41) is 17.7. The van der Waals surface area contributed by atoms with E-state index in [0.717, 1.165) is 18.2 Å². The lowest BCUT2D eigenvalue weighted by Crippen LogP contribution is -2.48. The fraction of sp³-hybridized carbons (Fsp3) is 0.429. The van der Waals surface area contributed by atoms with E-state index in [0.29, 0.717) is 0 Å². The Labute approximate surface area is 78.6 Å². The molecule has 0 amide bonds. The lowest BCUT2D eigenvalue weighted by molar-refractivity contribution is -0.172. The average molecular weight is 208 g/mol. The van der Waals surface area contributed by atoms with Gasteiger partial charge in [0, 0.05) is 0 Å². The molecule has 0 saturated heterocycles. The zero-order valence-electron chi connectivity index (χ0n) is 7.03. The Kier molecular flexibility index (Phi) is 3.36. The molecule has 1 rings (SSSR count). The Morgan fingerprint density at radius 2 is 2.14 bits per heavy atom. The van der Waals surface area contributed by atoms with Crippen LogP contribution in [0.3, 0.4) is 0 Å². The number of alkyl halides is 2. The van der Waals surface area contributed by atoms with Crippen LogP contribution in [-0.2, 0) is 4.74 Å². The van der Waals surface area contributed by atoms with Crippen LogP contribution in [0.4, 0.5) is 13.2 Å². The third kappa shape index (κ3) is 2.37. The second-order valence-corrected chi connectivity index (χ2v) is 2.83. The Hall–Kier alpha value is -0.785. The van der Waals surface area contributed by atoms with Crippen LogP contribution in [0.5, 0.6) is 0 Å². The summed E-state index contributed by atoms with van der Waals surface area (Å²) in [7, 11) is -2.13. The van der Waals surface area contributed by atoms with Gasteiger partial charge in [-0.15, -0.1) is 0 Å². The molecule has 78 valence electrons. The lowest BCUT2D eigenvalue weighted by Gasteiger charge is -2.29. The average Bonchev–Trinajstić information content (AvgIpc) is 2.08. The lowest BCUT2D eigenvalue weighted by atomic mass is 9.64. The molecular formula is C7H8BF3O3. The fourth-order valence-electron chi connectivity index (χ4n) is 1.12. The van der Waals surface area contributed by atoms with E-state index in [-0.39, 0.29) is 6.42 Å². The first-order valence-electron chi connectivity index (χ1n) is 3.83. The molecule has 0 heterocycles. The predicted molar refractivity (Wildman–Crippen MR) is 43.0 cm³/mol. The number of ether oxygens (including phenoxy) is 1. The Bertz CT molecular complexity index is 267. The standard InChI is InChI=1S/C7H8BF3O3/c9-5-1-3-7(4-2-5,8(12)13)14-6(10)11/h1-3,6,12-13H,4H2. The van der Waals surface area contributed by atoms with Crippen LogP contribution >= 0.6 is 0 Å². The van der Waals surface area contributed by atoms with Crippen LogP contribution < -0.4 is 0 Å². The summed E-state index contributed by atoms with van der Waals surface area (Å²) in [6, 6.07) is 0. The molecule has 0 aromatic heterocycles. The normalized spacial score (nSPS) is 26.6. The molecule has 0 fully saturated rings. The third-order valence-corrected chi connectivity index (χ3v) is 1.89. The second kappa shape index (κ2) is 4.16. The molecule has 1 aliphatic carbocycles. The first-order chi connectivity index (χ1) is 6.46. The topological polar surface area (TPSA) is 49.7 Å². The highest BCUT2D eigenvalue weighted by Crippen LogP contribution is 2.28. The van der Waals surface area contributed by atoms with Gasteiger partial charge in [-0.25, -0.2) is 4.39 Å². The summed E-state index contributed by atoms with van der Waals surface area (Å²) in [5.41, 5.74) is -1.95. The summed E-state index contributed by atoms with van der Waals surface area (Å²) in [5.74, 6) is -0.626. The van der Waals surface area contributed by atoms with E-state index in [9.17, 15) is 13.2 Å². The van der Waals surface area contributed by atoms with Crippen molar-refractivity contribution in [3.05, 3.63) is 24.1 Å². The first kappa shape index (κ1) is 11.3. The molecule has 0 aromatic carbocycles. The van der Waals surface area contributed by atoms with Crippen LogP contribution in [0.1, 0.15) is 6.42 Å². The quantitative estimate of drug-likeness (QED) is 0.674. The SMILES string of the molecule is OB(O)C1(OC(F)F)C=CC(F)=CC1. The first-order valence-corrected chi connectivity index (χ1v) is 3.83. The van der Waals surface area contributed by atoms with Gasteiger partial charge in [0.05, 0.1) is 0 Å². The van der Waals surface area contributed by atoms with Crippen LogP contribution in [0.15, 0.2) is 24.1 Å². The van der Waals surface area contributed by atoms with Crippen LogP contribution in [0.25, 0.3) is 0 Å². The Morgan fingerprint density at radius 1 is 1.50 bits per heavy atom. The summed E-state index contributed by atoms with van der Waals surface area (Å²) in [6.45, 7) is -3.16. The van der Waals surface area contributed by atoms with Gasteiger partial charge < -0.3 is 14.8 Å². The summed E-state index contributed by atoms with van der Waals surface area (Å²) >= 11 is 0. The minimum atomic E-state index is -3.16. The summed E-state index contributed by atoms with van der Waals surface area (Å²) < 4.78 is 40.4. The molecule has 0 saturated carbocycles. The zero-order valence-corrected chi connectivity index (χ0v) is 7.03. The minimum absolute atomic E-state index is 0.350. The van der Waals surface area contributed by atoms with Crippen molar-refractivity contribution in [1.29, 1.82) is 0 Å². The van der Waals surface area contributed by atoms with E-state index in [1.54, 1.807) is 0 Å². The van der Waals surface area contributed by atoms with Crippen molar-refractivity contribution in [2.45, 2.75) is 18.5 Å². The van der Waals surface area contributed by atoms with Crippen LogP contribution in [-0.4, -0.2) is 29.3 Å². The molecule has 0 spiro atoms. The van der Waals surface area contributed by atoms with Crippen molar-refractivity contribution in [2.75, 3.05) is 0 Å². The van der Waals surface area contributed by atoms with Crippen LogP contribution in [0.2, 0.25) is 0 Å². The minimum Gasteiger partial charge on any atom is -0.425 e. The van der Waals surface area contributed by atoms with Crippen molar-refractivity contribution in [3.8, 4) is 0 Å². The summed E-state index contributed by atoms with van der Waals surface area (Å²) in [6.07, 6.45) is 2.32. The molecule has 0 aliphatic heterocycles. The molecular weight excluding hydrogens is 200 g/mol. The maximum atomic E-state index is 12.5. The monoisotopic (exact) mass is 208 g/mol. The molecule has 3 nitrogen and oxygen atoms in total. The molecule has 7 heteroatoms. The largest absolute Gasteiger partial charge is 0.490 e. The van der Waals surface area contributed by atoms with Crippen molar-refractivity contribution >= 4 is 7.12 Å². The van der Waals surface area contributed by atoms with Crippen molar-refractivity contribution in [1.82, 2.24) is 0 Å². The van der Waals surface area contributed by atoms with Gasteiger partial charge in [0.25, 0.3) is 0 Å². The van der Waals surface area contributed by atoms with Gasteiger partial charge in [0.2, 0.25) is 0 Å².